The predicted molar refractivity (Wildman–Crippen MR) is 85.6 cm³/mol. The number of rotatable bonds is 4. The van der Waals surface area contributed by atoms with Crippen molar-refractivity contribution in [3.63, 3.8) is 0 Å². The maximum absolute atomic E-state index is 12.7. The van der Waals surface area contributed by atoms with Crippen LogP contribution in [0.2, 0.25) is 0 Å². The Morgan fingerprint density at radius 3 is 2.26 bits per heavy atom. The molecule has 1 N–H and O–H groups in total. The van der Waals surface area contributed by atoms with Gasteiger partial charge in [-0.1, -0.05) is 24.3 Å². The van der Waals surface area contributed by atoms with Gasteiger partial charge in [0.1, 0.15) is 6.61 Å². The van der Waals surface area contributed by atoms with Crippen molar-refractivity contribution in [1.29, 1.82) is 0 Å². The summed E-state index contributed by atoms with van der Waals surface area (Å²) in [6.45, 7) is 7.40. The van der Waals surface area contributed by atoms with E-state index in [2.05, 4.69) is 5.32 Å². The molecule has 1 aromatic carbocycles. The first-order chi connectivity index (χ1) is 10.7. The molecule has 1 fully saturated rings. The molecule has 5 heteroatoms. The number of piperidine rings is 1. The third kappa shape index (κ3) is 4.28. The van der Waals surface area contributed by atoms with E-state index in [0.29, 0.717) is 6.61 Å². The van der Waals surface area contributed by atoms with Crippen molar-refractivity contribution in [3.05, 3.63) is 35.4 Å². The molecular weight excluding hydrogens is 300 g/mol. The Morgan fingerprint density at radius 1 is 1.22 bits per heavy atom. The van der Waals surface area contributed by atoms with Gasteiger partial charge in [-0.05, 0) is 52.3 Å². The molecule has 1 aromatic rings. The average molecular weight is 325 g/mol. The van der Waals surface area contributed by atoms with E-state index in [-0.39, 0.29) is 16.9 Å². The molecule has 0 saturated carbocycles. The largest absolute Gasteiger partial charge is 0.464 e. The summed E-state index contributed by atoms with van der Waals surface area (Å²) in [5.74, 6) is -0.236. The highest BCUT2D eigenvalue weighted by atomic mass is 19.3. The molecule has 23 heavy (non-hydrogen) atoms. The molecule has 3 nitrogen and oxygen atoms in total. The number of alkyl halides is 2. The summed E-state index contributed by atoms with van der Waals surface area (Å²) in [6.07, 6.45) is -0.830. The van der Waals surface area contributed by atoms with Crippen LogP contribution in [0.3, 0.4) is 0 Å². The number of hydrogen-bond donors (Lipinski definition) is 1. The van der Waals surface area contributed by atoms with Gasteiger partial charge in [-0.2, -0.15) is 0 Å². The minimum atomic E-state index is -2.47. The third-order valence-corrected chi connectivity index (χ3v) is 4.43. The predicted octanol–water partition coefficient (Wildman–Crippen LogP) is 3.83. The lowest BCUT2D eigenvalue weighted by molar-refractivity contribution is -0.155. The Kier molecular flexibility index (Phi) is 5.40. The standard InChI is InChI=1S/C18H25F2NO2/c1-17(2,3)16(22)23-12-18(8-10-21-11-9-18)14-6-4-13(5-7-14)15(19)20/h4-7,15,21H,8-12H2,1-3H3. The van der Waals surface area contributed by atoms with Gasteiger partial charge in [0.25, 0.3) is 6.43 Å². The molecule has 0 aliphatic carbocycles. The molecule has 0 aromatic heterocycles. The highest BCUT2D eigenvalue weighted by Crippen LogP contribution is 2.35. The second kappa shape index (κ2) is 6.95. The van der Waals surface area contributed by atoms with Crippen molar-refractivity contribution in [2.75, 3.05) is 19.7 Å². The van der Waals surface area contributed by atoms with Crippen LogP contribution >= 0.6 is 0 Å². The fourth-order valence-electron chi connectivity index (χ4n) is 2.82. The van der Waals surface area contributed by atoms with Crippen LogP contribution in [0.25, 0.3) is 0 Å². The molecule has 1 heterocycles. The van der Waals surface area contributed by atoms with Gasteiger partial charge in [0.15, 0.2) is 0 Å². The van der Waals surface area contributed by atoms with E-state index in [1.54, 1.807) is 12.1 Å². The number of carbonyl (C=O) groups excluding carboxylic acids is 1. The second-order valence-electron chi connectivity index (χ2n) is 7.28. The number of nitrogens with one attached hydrogen (secondary N) is 1. The molecule has 2 rings (SSSR count). The SMILES string of the molecule is CC(C)(C)C(=O)OCC1(c2ccc(C(F)F)cc2)CCNCC1. The first kappa shape index (κ1) is 17.9. The number of esters is 1. The van der Waals surface area contributed by atoms with E-state index in [1.807, 2.05) is 20.8 Å². The Bertz CT molecular complexity index is 529. The van der Waals surface area contributed by atoms with Crippen LogP contribution in [-0.2, 0) is 14.9 Å². The monoisotopic (exact) mass is 325 g/mol. The first-order valence-electron chi connectivity index (χ1n) is 8.01. The zero-order valence-corrected chi connectivity index (χ0v) is 14.0. The van der Waals surface area contributed by atoms with Crippen LogP contribution < -0.4 is 5.32 Å². The summed E-state index contributed by atoms with van der Waals surface area (Å²) in [5.41, 5.74) is 0.134. The summed E-state index contributed by atoms with van der Waals surface area (Å²) >= 11 is 0. The summed E-state index contributed by atoms with van der Waals surface area (Å²) < 4.78 is 31.1. The van der Waals surface area contributed by atoms with Crippen LogP contribution in [-0.4, -0.2) is 25.7 Å². The van der Waals surface area contributed by atoms with Crippen LogP contribution in [0.4, 0.5) is 8.78 Å². The van der Waals surface area contributed by atoms with Gasteiger partial charge in [0, 0.05) is 11.0 Å². The van der Waals surface area contributed by atoms with E-state index in [0.717, 1.165) is 31.5 Å². The lowest BCUT2D eigenvalue weighted by Crippen LogP contribution is -2.44. The topological polar surface area (TPSA) is 38.3 Å². The summed E-state index contributed by atoms with van der Waals surface area (Å²) in [5, 5.41) is 3.30. The highest BCUT2D eigenvalue weighted by molar-refractivity contribution is 5.75. The van der Waals surface area contributed by atoms with Gasteiger partial charge in [0.2, 0.25) is 0 Å². The average Bonchev–Trinajstić information content (AvgIpc) is 2.52. The van der Waals surface area contributed by atoms with Gasteiger partial charge >= 0.3 is 5.97 Å². The second-order valence-corrected chi connectivity index (χ2v) is 7.28. The Labute approximate surface area is 136 Å². The maximum atomic E-state index is 12.7. The molecule has 1 aliphatic heterocycles. The number of halogens is 2. The normalized spacial score (nSPS) is 18.0. The molecule has 128 valence electrons. The highest BCUT2D eigenvalue weighted by Gasteiger charge is 2.36. The molecule has 1 aliphatic rings. The Hall–Kier alpha value is -1.49. The van der Waals surface area contributed by atoms with E-state index in [1.165, 1.54) is 12.1 Å². The van der Waals surface area contributed by atoms with Crippen molar-refractivity contribution >= 4 is 5.97 Å². The number of hydrogen-bond acceptors (Lipinski definition) is 3. The quantitative estimate of drug-likeness (QED) is 0.855. The van der Waals surface area contributed by atoms with E-state index in [9.17, 15) is 13.6 Å². The molecule has 0 spiro atoms. The van der Waals surface area contributed by atoms with Gasteiger partial charge in [-0.3, -0.25) is 4.79 Å². The van der Waals surface area contributed by atoms with Crippen LogP contribution in [0.1, 0.15) is 51.2 Å². The zero-order chi connectivity index (χ0) is 17.1. The van der Waals surface area contributed by atoms with Gasteiger partial charge in [-0.15, -0.1) is 0 Å². The van der Waals surface area contributed by atoms with E-state index >= 15 is 0 Å². The van der Waals surface area contributed by atoms with Gasteiger partial charge in [-0.25, -0.2) is 8.78 Å². The van der Waals surface area contributed by atoms with Crippen LogP contribution in [0.5, 0.6) is 0 Å². The van der Waals surface area contributed by atoms with Gasteiger partial charge in [0.05, 0.1) is 5.41 Å². The Balaban J connectivity index is 2.20. The van der Waals surface area contributed by atoms with Crippen molar-refractivity contribution in [2.24, 2.45) is 5.41 Å². The van der Waals surface area contributed by atoms with Crippen molar-refractivity contribution in [1.82, 2.24) is 5.32 Å². The van der Waals surface area contributed by atoms with Crippen molar-refractivity contribution < 1.29 is 18.3 Å². The lowest BCUT2D eigenvalue weighted by Gasteiger charge is -2.38. The maximum Gasteiger partial charge on any atom is 0.311 e. The zero-order valence-electron chi connectivity index (χ0n) is 14.0. The number of ether oxygens (including phenoxy) is 1. The number of carbonyl (C=O) groups is 1. The van der Waals surface area contributed by atoms with Gasteiger partial charge < -0.3 is 10.1 Å². The molecule has 0 atom stereocenters. The summed E-state index contributed by atoms with van der Waals surface area (Å²) in [7, 11) is 0. The summed E-state index contributed by atoms with van der Waals surface area (Å²) in [6, 6.07) is 6.43. The van der Waals surface area contributed by atoms with Crippen molar-refractivity contribution in [2.45, 2.75) is 45.5 Å². The minimum Gasteiger partial charge on any atom is -0.464 e. The summed E-state index contributed by atoms with van der Waals surface area (Å²) in [4.78, 5) is 12.1. The fourth-order valence-corrected chi connectivity index (χ4v) is 2.82. The molecule has 0 amide bonds. The first-order valence-corrected chi connectivity index (χ1v) is 8.01. The van der Waals surface area contributed by atoms with Crippen molar-refractivity contribution in [3.8, 4) is 0 Å². The van der Waals surface area contributed by atoms with E-state index < -0.39 is 11.8 Å². The molecule has 1 saturated heterocycles. The lowest BCUT2D eigenvalue weighted by atomic mass is 9.73. The van der Waals surface area contributed by atoms with Crippen LogP contribution in [0, 0.1) is 5.41 Å². The third-order valence-electron chi connectivity index (χ3n) is 4.43. The molecule has 0 unspecified atom stereocenters. The molecular formula is C18H25F2NO2. The van der Waals surface area contributed by atoms with Crippen LogP contribution in [0.15, 0.2) is 24.3 Å². The smallest absolute Gasteiger partial charge is 0.311 e. The molecule has 0 bridgehead atoms. The Morgan fingerprint density at radius 2 is 1.78 bits per heavy atom. The number of benzene rings is 1. The fraction of sp³-hybridized carbons (Fsp3) is 0.611. The van der Waals surface area contributed by atoms with E-state index in [4.69, 9.17) is 4.74 Å². The molecule has 0 radical (unpaired) electrons. The minimum absolute atomic E-state index is 0.0181.